The van der Waals surface area contributed by atoms with E-state index in [1.54, 1.807) is 7.11 Å². The molecule has 0 aromatic rings. The van der Waals surface area contributed by atoms with Crippen molar-refractivity contribution < 1.29 is 14.3 Å². The van der Waals surface area contributed by atoms with Crippen LogP contribution in [0.5, 0.6) is 0 Å². The summed E-state index contributed by atoms with van der Waals surface area (Å²) in [5, 5.41) is 3.19. The molecule has 0 aromatic carbocycles. The Morgan fingerprint density at radius 3 is 2.75 bits per heavy atom. The molecule has 1 amide bonds. The summed E-state index contributed by atoms with van der Waals surface area (Å²) >= 11 is 0. The van der Waals surface area contributed by atoms with Gasteiger partial charge in [0, 0.05) is 38.8 Å². The predicted octanol–water partition coefficient (Wildman–Crippen LogP) is 1.10. The zero-order valence-electron chi connectivity index (χ0n) is 10.2. The lowest BCUT2D eigenvalue weighted by molar-refractivity contribution is -0.120. The van der Waals surface area contributed by atoms with Gasteiger partial charge in [-0.15, -0.1) is 0 Å². The number of hydrogen-bond donors (Lipinski definition) is 1. The molecule has 0 aliphatic carbocycles. The first-order valence-electron chi connectivity index (χ1n) is 6.00. The van der Waals surface area contributed by atoms with Gasteiger partial charge in [0.15, 0.2) is 0 Å². The average Bonchev–Trinajstić information content (AvgIpc) is 2.49. The lowest BCUT2D eigenvalue weighted by Gasteiger charge is -2.45. The molecular formula is C12H21NO3. The second kappa shape index (κ2) is 4.34. The summed E-state index contributed by atoms with van der Waals surface area (Å²) in [6.07, 6.45) is 3.41. The summed E-state index contributed by atoms with van der Waals surface area (Å²) < 4.78 is 10.6. The van der Waals surface area contributed by atoms with E-state index in [9.17, 15) is 4.79 Å². The highest BCUT2D eigenvalue weighted by atomic mass is 16.5. The van der Waals surface area contributed by atoms with Gasteiger partial charge < -0.3 is 14.8 Å². The minimum atomic E-state index is -0.0547. The second-order valence-electron chi connectivity index (χ2n) is 5.22. The SMILES string of the molecule is COCCC1(C)CC(=O)NC12CCOCC2. The topological polar surface area (TPSA) is 47.6 Å². The fraction of sp³-hybridized carbons (Fsp3) is 0.917. The molecule has 2 aliphatic heterocycles. The molecule has 1 spiro atoms. The Bertz CT molecular complexity index is 273. The third-order valence-electron chi connectivity index (χ3n) is 4.29. The monoisotopic (exact) mass is 227 g/mol. The van der Waals surface area contributed by atoms with Gasteiger partial charge in [0.1, 0.15) is 0 Å². The van der Waals surface area contributed by atoms with Crippen LogP contribution in [0.25, 0.3) is 0 Å². The zero-order valence-corrected chi connectivity index (χ0v) is 10.2. The van der Waals surface area contributed by atoms with Crippen molar-refractivity contribution in [2.45, 2.75) is 38.1 Å². The highest BCUT2D eigenvalue weighted by molar-refractivity contribution is 5.81. The normalized spacial score (nSPS) is 33.0. The van der Waals surface area contributed by atoms with E-state index in [0.29, 0.717) is 13.0 Å². The van der Waals surface area contributed by atoms with E-state index in [0.717, 1.165) is 32.5 Å². The van der Waals surface area contributed by atoms with Crippen molar-refractivity contribution in [3.8, 4) is 0 Å². The molecule has 1 N–H and O–H groups in total. The number of carbonyl (C=O) groups is 1. The molecular weight excluding hydrogens is 206 g/mol. The molecule has 2 aliphatic rings. The quantitative estimate of drug-likeness (QED) is 0.785. The molecule has 2 fully saturated rings. The van der Waals surface area contributed by atoms with Gasteiger partial charge in [0.25, 0.3) is 0 Å². The number of rotatable bonds is 3. The Morgan fingerprint density at radius 1 is 1.44 bits per heavy atom. The maximum absolute atomic E-state index is 11.7. The molecule has 2 saturated heterocycles. The van der Waals surface area contributed by atoms with Gasteiger partial charge in [0.05, 0.1) is 5.54 Å². The van der Waals surface area contributed by atoms with Crippen molar-refractivity contribution in [1.29, 1.82) is 0 Å². The van der Waals surface area contributed by atoms with Gasteiger partial charge in [-0.1, -0.05) is 6.92 Å². The first-order chi connectivity index (χ1) is 7.62. The summed E-state index contributed by atoms with van der Waals surface area (Å²) in [7, 11) is 1.71. The summed E-state index contributed by atoms with van der Waals surface area (Å²) in [4.78, 5) is 11.7. The van der Waals surface area contributed by atoms with Crippen molar-refractivity contribution >= 4 is 5.91 Å². The molecule has 2 rings (SSSR count). The van der Waals surface area contributed by atoms with Crippen LogP contribution in [-0.2, 0) is 14.3 Å². The lowest BCUT2D eigenvalue weighted by Crippen LogP contribution is -2.54. The van der Waals surface area contributed by atoms with E-state index in [1.165, 1.54) is 0 Å². The molecule has 0 bridgehead atoms. The largest absolute Gasteiger partial charge is 0.385 e. The van der Waals surface area contributed by atoms with Crippen molar-refractivity contribution in [3.63, 3.8) is 0 Å². The van der Waals surface area contributed by atoms with Gasteiger partial charge in [-0.3, -0.25) is 4.79 Å². The standard InChI is InChI=1S/C12H21NO3/c1-11(3-6-15-2)9-10(14)13-12(11)4-7-16-8-5-12/h3-9H2,1-2H3,(H,13,14). The molecule has 4 nitrogen and oxygen atoms in total. The van der Waals surface area contributed by atoms with Crippen LogP contribution in [0.2, 0.25) is 0 Å². The van der Waals surface area contributed by atoms with Crippen molar-refractivity contribution in [2.75, 3.05) is 26.9 Å². The molecule has 4 heteroatoms. The van der Waals surface area contributed by atoms with Crippen molar-refractivity contribution in [3.05, 3.63) is 0 Å². The minimum absolute atomic E-state index is 0.0177. The van der Waals surface area contributed by atoms with Crippen LogP contribution in [0.3, 0.4) is 0 Å². The van der Waals surface area contributed by atoms with Crippen LogP contribution in [-0.4, -0.2) is 38.4 Å². The fourth-order valence-electron chi connectivity index (χ4n) is 3.09. The van der Waals surface area contributed by atoms with Crippen LogP contribution >= 0.6 is 0 Å². The average molecular weight is 227 g/mol. The maximum atomic E-state index is 11.7. The molecule has 16 heavy (non-hydrogen) atoms. The predicted molar refractivity (Wildman–Crippen MR) is 60.1 cm³/mol. The highest BCUT2D eigenvalue weighted by Gasteiger charge is 2.54. The summed E-state index contributed by atoms with van der Waals surface area (Å²) in [5.74, 6) is 0.181. The summed E-state index contributed by atoms with van der Waals surface area (Å²) in [6.45, 7) is 4.43. The molecule has 1 atom stereocenters. The Morgan fingerprint density at radius 2 is 2.12 bits per heavy atom. The molecule has 0 saturated carbocycles. The minimum Gasteiger partial charge on any atom is -0.385 e. The van der Waals surface area contributed by atoms with Crippen molar-refractivity contribution in [1.82, 2.24) is 5.32 Å². The van der Waals surface area contributed by atoms with Crippen LogP contribution in [0.15, 0.2) is 0 Å². The highest BCUT2D eigenvalue weighted by Crippen LogP contribution is 2.48. The van der Waals surface area contributed by atoms with Crippen LogP contribution in [0, 0.1) is 5.41 Å². The molecule has 92 valence electrons. The first-order valence-corrected chi connectivity index (χ1v) is 6.00. The van der Waals surface area contributed by atoms with E-state index in [-0.39, 0.29) is 16.9 Å². The number of amides is 1. The van der Waals surface area contributed by atoms with E-state index in [1.807, 2.05) is 0 Å². The summed E-state index contributed by atoms with van der Waals surface area (Å²) in [6, 6.07) is 0. The van der Waals surface area contributed by atoms with Gasteiger partial charge >= 0.3 is 0 Å². The van der Waals surface area contributed by atoms with Gasteiger partial charge in [0.2, 0.25) is 5.91 Å². The van der Waals surface area contributed by atoms with Gasteiger partial charge in [-0.25, -0.2) is 0 Å². The summed E-state index contributed by atoms with van der Waals surface area (Å²) in [5.41, 5.74) is -0.0370. The third-order valence-corrected chi connectivity index (χ3v) is 4.29. The van der Waals surface area contributed by atoms with E-state index in [4.69, 9.17) is 9.47 Å². The molecule has 0 aromatic heterocycles. The van der Waals surface area contributed by atoms with Crippen LogP contribution in [0.1, 0.15) is 32.6 Å². The molecule has 1 unspecified atom stereocenters. The Hall–Kier alpha value is -0.610. The Kier molecular flexibility index (Phi) is 3.22. The lowest BCUT2D eigenvalue weighted by atomic mass is 9.66. The first kappa shape index (κ1) is 11.9. The number of hydrogen-bond acceptors (Lipinski definition) is 3. The molecule has 2 heterocycles. The van der Waals surface area contributed by atoms with Crippen LogP contribution < -0.4 is 5.32 Å². The van der Waals surface area contributed by atoms with E-state index >= 15 is 0 Å². The number of carbonyl (C=O) groups excluding carboxylic acids is 1. The second-order valence-corrected chi connectivity index (χ2v) is 5.22. The third kappa shape index (κ3) is 1.84. The molecule has 0 radical (unpaired) electrons. The number of nitrogens with one attached hydrogen (secondary N) is 1. The van der Waals surface area contributed by atoms with E-state index in [2.05, 4.69) is 12.2 Å². The van der Waals surface area contributed by atoms with Gasteiger partial charge in [-0.2, -0.15) is 0 Å². The van der Waals surface area contributed by atoms with Crippen LogP contribution in [0.4, 0.5) is 0 Å². The fourth-order valence-corrected chi connectivity index (χ4v) is 3.09. The zero-order chi connectivity index (χ0) is 11.6. The Labute approximate surface area is 96.7 Å². The van der Waals surface area contributed by atoms with Gasteiger partial charge in [-0.05, 0) is 19.3 Å². The number of ether oxygens (including phenoxy) is 2. The van der Waals surface area contributed by atoms with E-state index < -0.39 is 0 Å². The maximum Gasteiger partial charge on any atom is 0.221 e. The Balaban J connectivity index is 2.16. The number of methoxy groups -OCH3 is 1. The smallest absolute Gasteiger partial charge is 0.221 e. The van der Waals surface area contributed by atoms with Crippen molar-refractivity contribution in [2.24, 2.45) is 5.41 Å².